The number of carbonyl (C=O) groups is 3. The van der Waals surface area contributed by atoms with E-state index in [4.69, 9.17) is 20.9 Å². The molecule has 5 aliphatic heterocycles. The molecule has 2 aromatic carbocycles. The molecule has 2 amide bonds. The number of rotatable bonds is 9. The number of aliphatic hydroxyl groups excluding tert-OH is 1. The number of nitrogens with one attached hydrogen (secondary N) is 2. The third kappa shape index (κ3) is 6.70. The van der Waals surface area contributed by atoms with Gasteiger partial charge in [0.15, 0.2) is 17.1 Å². The molecule has 2 saturated heterocycles. The van der Waals surface area contributed by atoms with Crippen LogP contribution in [0.25, 0.3) is 10.9 Å². The first-order valence-electron chi connectivity index (χ1n) is 23.5. The molecule has 1 saturated carbocycles. The molecule has 3 fully saturated rings. The summed E-state index contributed by atoms with van der Waals surface area (Å²) in [6.45, 7) is 7.39. The number of anilines is 1. The Bertz CT molecular complexity index is 2700. The van der Waals surface area contributed by atoms with E-state index in [1.54, 1.807) is 21.2 Å². The number of ether oxygens (including phenoxy) is 2. The van der Waals surface area contributed by atoms with Crippen molar-refractivity contribution >= 4 is 40.2 Å². The highest BCUT2D eigenvalue weighted by molar-refractivity contribution is 5.96. The predicted octanol–water partition coefficient (Wildman–Crippen LogP) is 2.80. The summed E-state index contributed by atoms with van der Waals surface area (Å²) in [7, 11) is 8.32. The number of aliphatic hydroxyl groups is 3. The lowest BCUT2D eigenvalue weighted by Gasteiger charge is -2.63. The normalized spacial score (nSPS) is 33.6. The van der Waals surface area contributed by atoms with E-state index >= 15 is 4.79 Å². The molecule has 1 aliphatic carbocycles. The number of carbonyl (C=O) groups excluding carboxylic acids is 3. The van der Waals surface area contributed by atoms with Crippen molar-refractivity contribution in [3.63, 3.8) is 0 Å². The van der Waals surface area contributed by atoms with Crippen LogP contribution in [0.1, 0.15) is 78.8 Å². The van der Waals surface area contributed by atoms with Crippen LogP contribution in [0, 0.1) is 11.3 Å². The van der Waals surface area contributed by atoms with E-state index in [0.717, 1.165) is 46.5 Å². The maximum absolute atomic E-state index is 15.2. The van der Waals surface area contributed by atoms with E-state index < -0.39 is 57.4 Å². The molecule has 7 heterocycles. The lowest BCUT2D eigenvalue weighted by molar-refractivity contribution is -0.201. The molecule has 0 radical (unpaired) electrons. The number of aromatic nitrogens is 3. The molecule has 9 N–H and O–H groups in total. The number of esters is 1. The second kappa shape index (κ2) is 17.0. The quantitative estimate of drug-likeness (QED) is 0.0552. The molecule has 2 aromatic heterocycles. The van der Waals surface area contributed by atoms with Gasteiger partial charge in [-0.3, -0.25) is 29.2 Å². The molecule has 4 aromatic rings. The van der Waals surface area contributed by atoms with Crippen LogP contribution in [-0.2, 0) is 31.6 Å². The minimum absolute atomic E-state index is 0.0790. The third-order valence-corrected chi connectivity index (χ3v) is 16.4. The Morgan fingerprint density at radius 3 is 2.47 bits per heavy atom. The highest BCUT2D eigenvalue weighted by Gasteiger charge is 2.78. The van der Waals surface area contributed by atoms with E-state index in [0.29, 0.717) is 69.5 Å². The van der Waals surface area contributed by atoms with E-state index in [1.165, 1.54) is 18.4 Å². The number of nitrogens with two attached hydrogens (primary N) is 2. The van der Waals surface area contributed by atoms with Gasteiger partial charge in [-0.1, -0.05) is 49.4 Å². The molecular weight excluding hydrogens is 871 g/mol. The van der Waals surface area contributed by atoms with Crippen molar-refractivity contribution in [2.45, 2.75) is 92.6 Å². The number of benzene rings is 2. The van der Waals surface area contributed by atoms with Crippen molar-refractivity contribution in [2.75, 3.05) is 73.0 Å². The summed E-state index contributed by atoms with van der Waals surface area (Å²) in [5, 5.41) is 46.9. The summed E-state index contributed by atoms with van der Waals surface area (Å²) in [4.78, 5) is 56.3. The summed E-state index contributed by atoms with van der Waals surface area (Å²) in [6.07, 6.45) is 7.12. The van der Waals surface area contributed by atoms with Crippen molar-refractivity contribution in [3.8, 4) is 5.75 Å². The number of primary amides is 2. The van der Waals surface area contributed by atoms with Gasteiger partial charge in [0, 0.05) is 98.1 Å². The summed E-state index contributed by atoms with van der Waals surface area (Å²) in [5.74, 6) is -1.37. The highest BCUT2D eigenvalue weighted by Crippen LogP contribution is 2.67. The second-order valence-electron chi connectivity index (χ2n) is 20.0. The Morgan fingerprint density at radius 1 is 1.03 bits per heavy atom. The predicted molar refractivity (Wildman–Crippen MR) is 253 cm³/mol. The fourth-order valence-corrected chi connectivity index (χ4v) is 13.7. The molecule has 1 spiro atoms. The van der Waals surface area contributed by atoms with Gasteiger partial charge in [0.05, 0.1) is 32.2 Å². The standard InChI is InChI=1S/C43H55N5O7.C6H10N6O/c1-6-39(52)21-25-22-42(38(51)55-5,33-27(13-17-47(23-25)24-39)26-11-8-9-12-30(26)45-33)29-19-28-31(20-32(29)54-4)46(3)35-41(28)15-18-48-16-10-14-40(7-2,34(41)48)36(49)43(35,53)37(44)50;1-12(2)11-10-6-4(5(7)13)8-3-9-6/h8-12,14,19-20,25,34-36,45,49,52-53H,6-7,13,15-18,21-24H2,1-5H3,(H2,44,50);3H,1-2H3,(H2,7,13)(H,8,9)/b;11-10+/t25-,34+,35-,36-,39+,40-,41-,42+,43+;/m1./s1. The average molecular weight is 936 g/mol. The van der Waals surface area contributed by atoms with Crippen molar-refractivity contribution < 1.29 is 39.2 Å². The SMILES string of the molecule is CC[C@]1(O)C[C@H]2CN(CCc3c([nH]c4ccccc34)[C@@](C(=O)OC)(c3cc4c(cc3OC)N(C)[C@H]3[C@@](O)(C(N)=O)[C@H](O)[C@]5(CC)C=CCN6CC[C@]43[C@@H]65)C2)C1.CN(C)/N=N/c1[nH]cnc1C(N)=O. The summed E-state index contributed by atoms with van der Waals surface area (Å²) in [6, 6.07) is 11.0. The van der Waals surface area contributed by atoms with Crippen LogP contribution in [0.3, 0.4) is 0 Å². The van der Waals surface area contributed by atoms with E-state index in [1.807, 2.05) is 62.2 Å². The topological polar surface area (TPSA) is 265 Å². The molecule has 19 heteroatoms. The molecule has 2 bridgehead atoms. The van der Waals surface area contributed by atoms with Crippen LogP contribution in [0.2, 0.25) is 0 Å². The Morgan fingerprint density at radius 2 is 1.79 bits per heavy atom. The number of piperidine rings is 1. The lowest BCUT2D eigenvalue weighted by Crippen LogP contribution is -2.81. The van der Waals surface area contributed by atoms with Crippen molar-refractivity contribution in [1.29, 1.82) is 0 Å². The van der Waals surface area contributed by atoms with Crippen LogP contribution in [0.4, 0.5) is 11.5 Å². The maximum atomic E-state index is 15.2. The van der Waals surface area contributed by atoms with Gasteiger partial charge in [0.1, 0.15) is 17.3 Å². The number of fused-ring (bicyclic) bond motifs is 6. The van der Waals surface area contributed by atoms with Gasteiger partial charge in [-0.15, -0.1) is 5.11 Å². The molecule has 364 valence electrons. The van der Waals surface area contributed by atoms with Crippen molar-refractivity contribution in [2.24, 2.45) is 33.1 Å². The molecule has 1 unspecified atom stereocenters. The smallest absolute Gasteiger partial charge is 0.322 e. The van der Waals surface area contributed by atoms with Crippen LogP contribution < -0.4 is 21.1 Å². The van der Waals surface area contributed by atoms with Crippen LogP contribution >= 0.6 is 0 Å². The highest BCUT2D eigenvalue weighted by atomic mass is 16.5. The van der Waals surface area contributed by atoms with Gasteiger partial charge in [-0.2, -0.15) is 0 Å². The van der Waals surface area contributed by atoms with Crippen LogP contribution in [-0.4, -0.2) is 160 Å². The fourth-order valence-electron chi connectivity index (χ4n) is 13.7. The Labute approximate surface area is 395 Å². The minimum Gasteiger partial charge on any atom is -0.496 e. The Balaban J connectivity index is 0.000000386. The number of likely N-dealkylation sites (N-methyl/N-ethyl adjacent to an activating group) is 1. The second-order valence-corrected chi connectivity index (χ2v) is 20.0. The van der Waals surface area contributed by atoms with Crippen molar-refractivity contribution in [1.82, 2.24) is 29.8 Å². The minimum atomic E-state index is -2.30. The van der Waals surface area contributed by atoms with Gasteiger partial charge >= 0.3 is 5.97 Å². The van der Waals surface area contributed by atoms with Crippen LogP contribution in [0.5, 0.6) is 5.75 Å². The molecular formula is C49H65N11O8. The molecule has 6 aliphatic rings. The van der Waals surface area contributed by atoms with Gasteiger partial charge < -0.3 is 51.1 Å². The number of hydrogen-bond acceptors (Lipinski definition) is 14. The number of H-pyrrole nitrogens is 2. The first kappa shape index (κ1) is 47.2. The van der Waals surface area contributed by atoms with Crippen molar-refractivity contribution in [3.05, 3.63) is 83.0 Å². The van der Waals surface area contributed by atoms with Gasteiger partial charge in [0.25, 0.3) is 11.8 Å². The zero-order valence-corrected chi connectivity index (χ0v) is 40.0. The Kier molecular flexibility index (Phi) is 11.8. The number of nitrogens with zero attached hydrogens (tertiary/aromatic N) is 7. The third-order valence-electron chi connectivity index (χ3n) is 16.4. The first-order chi connectivity index (χ1) is 32.4. The summed E-state index contributed by atoms with van der Waals surface area (Å²) >= 11 is 0. The number of para-hydroxylation sites is 1. The van der Waals surface area contributed by atoms with Gasteiger partial charge in [-0.25, -0.2) is 4.98 Å². The summed E-state index contributed by atoms with van der Waals surface area (Å²) < 4.78 is 12.2. The number of imidazole rings is 1. The van der Waals surface area contributed by atoms with Crippen LogP contribution in [0.15, 0.2) is 65.2 Å². The molecule has 19 nitrogen and oxygen atoms in total. The Hall–Kier alpha value is -5.86. The first-order valence-corrected chi connectivity index (χ1v) is 23.5. The average Bonchev–Trinajstić information content (AvgIpc) is 4.11. The number of methoxy groups -OCH3 is 2. The number of hydrogen-bond donors (Lipinski definition) is 7. The zero-order valence-electron chi connectivity index (χ0n) is 40.0. The zero-order chi connectivity index (χ0) is 48.7. The maximum Gasteiger partial charge on any atom is 0.322 e. The largest absolute Gasteiger partial charge is 0.496 e. The fraction of sp³-hybridized carbons (Fsp3) is 0.551. The lowest BCUT2D eigenvalue weighted by atomic mass is 9.47. The number of aromatic amines is 2. The molecule has 10 atom stereocenters. The van der Waals surface area contributed by atoms with E-state index in [9.17, 15) is 24.9 Å². The van der Waals surface area contributed by atoms with Gasteiger partial charge in [0.2, 0.25) is 0 Å². The monoisotopic (exact) mass is 936 g/mol. The van der Waals surface area contributed by atoms with E-state index in [2.05, 4.69) is 47.2 Å². The number of amides is 2. The van der Waals surface area contributed by atoms with E-state index in [-0.39, 0.29) is 23.5 Å². The summed E-state index contributed by atoms with van der Waals surface area (Å²) in [5.41, 5.74) is 9.84. The van der Waals surface area contributed by atoms with Gasteiger partial charge in [-0.05, 0) is 74.2 Å². The molecule has 10 rings (SSSR count). The molecule has 68 heavy (non-hydrogen) atoms.